The topological polar surface area (TPSA) is 180 Å². The van der Waals surface area contributed by atoms with Gasteiger partial charge < -0.3 is 33.6 Å². The standard InChI is InChI=1S/C14H19NO2.C14H22O2.C13H20O3.C13H20O2.C12H17NO2/c1-8(16)17-14(2)6-10-5-13(14)12-4-9(7-15)3-11(10)12;1-3-14(16-9(2)15)8-10-7-13(14)12-6-4-5-11(10)12;1-7(14)16-13(2)6-8-3-12(13)11-5-9(15)4-10(8)11;1-8(14)15-13(2)7-9-6-12(13)11-5-3-4-10(9)11;1-4-12(15-8(2)14)7-9-5-10(12)6-11(9)13-3/h9-13H,3-6H2,1-2H3;10-13H,3-8H2,1-2H3;8-12,15H,3-6H2,1-2H3;9-12H,3-7H2,1-2H3;9-11H,4-7H2,1-2H3. The first-order chi connectivity index (χ1) is 37.4. The second-order valence-electron chi connectivity index (χ2n) is 29.4. The van der Waals surface area contributed by atoms with E-state index in [1.165, 1.54) is 85.0 Å². The summed E-state index contributed by atoms with van der Waals surface area (Å²) in [7, 11) is 0. The van der Waals surface area contributed by atoms with Crippen LogP contribution in [0.5, 0.6) is 0 Å². The molecule has 0 radical (unpaired) electrons. The third-order valence-corrected chi connectivity index (χ3v) is 25.3. The number of fused-ring (bicyclic) bond motifs is 22. The Balaban J connectivity index is 0.000000111. The van der Waals surface area contributed by atoms with E-state index in [1.807, 2.05) is 0 Å². The fourth-order valence-electron chi connectivity index (χ4n) is 23.1. The summed E-state index contributed by atoms with van der Waals surface area (Å²) >= 11 is 0. The van der Waals surface area contributed by atoms with E-state index in [0.717, 1.165) is 125 Å². The van der Waals surface area contributed by atoms with Crippen molar-refractivity contribution in [1.82, 2.24) is 0 Å². The maximum atomic E-state index is 11.3. The Morgan fingerprint density at radius 1 is 0.481 bits per heavy atom. The van der Waals surface area contributed by atoms with Crippen molar-refractivity contribution in [2.24, 2.45) is 112 Å². The van der Waals surface area contributed by atoms with Crippen molar-refractivity contribution < 1.29 is 52.8 Å². The number of hydrogen-bond donors (Lipinski definition) is 1. The first-order valence-electron chi connectivity index (χ1n) is 31.8. The van der Waals surface area contributed by atoms with Crippen LogP contribution < -0.4 is 0 Å². The lowest BCUT2D eigenvalue weighted by molar-refractivity contribution is -0.168. The molecular weight excluding hydrogens is 997 g/mol. The highest BCUT2D eigenvalue weighted by molar-refractivity contribution is 5.68. The Bertz CT molecular complexity index is 2420. The van der Waals surface area contributed by atoms with Gasteiger partial charge in [-0.1, -0.05) is 26.7 Å². The third kappa shape index (κ3) is 10.7. The molecule has 79 heavy (non-hydrogen) atoms. The van der Waals surface area contributed by atoms with Crippen LogP contribution in [0.2, 0.25) is 0 Å². The van der Waals surface area contributed by atoms with Crippen molar-refractivity contribution in [3.8, 4) is 6.07 Å². The summed E-state index contributed by atoms with van der Waals surface area (Å²) in [6, 6.07) is 2.61. The highest BCUT2D eigenvalue weighted by atomic mass is 16.6. The number of hydrogen-bond acceptors (Lipinski definition) is 12. The minimum atomic E-state index is -0.248. The average Bonchev–Trinajstić information content (AvgIpc) is 4.41. The number of aliphatic hydroxyl groups is 1. The molecule has 14 rings (SSSR count). The number of esters is 5. The SMILES string of the molecule is CC(=O)OC1(C)CC2CC1C1CC(C#N)CC21.CC(=O)OC1(C)CC2CC1C1CC(O)CC21.CC(=O)OC1(C)CC2CC1C1CCCC21.CCC1(OC(C)=O)CC2CC1C1CCCC21.[C-]#[N+]C1CC2CC1CC2(CC)OC(C)=O. The Kier molecular flexibility index (Phi) is 16.4. The molecule has 438 valence electrons. The zero-order valence-corrected chi connectivity index (χ0v) is 49.8. The van der Waals surface area contributed by atoms with Gasteiger partial charge in [0, 0.05) is 82.5 Å². The Labute approximate surface area is 473 Å². The van der Waals surface area contributed by atoms with Crippen molar-refractivity contribution in [3.63, 3.8) is 0 Å². The molecule has 0 saturated heterocycles. The lowest BCUT2D eigenvalue weighted by atomic mass is 9.71. The molecule has 14 aliphatic carbocycles. The second kappa shape index (κ2) is 22.1. The van der Waals surface area contributed by atoms with Gasteiger partial charge in [0.25, 0.3) is 0 Å². The van der Waals surface area contributed by atoms with Crippen LogP contribution in [0.25, 0.3) is 4.85 Å². The van der Waals surface area contributed by atoms with E-state index < -0.39 is 0 Å². The summed E-state index contributed by atoms with van der Waals surface area (Å²) in [4.78, 5) is 59.6. The number of carbonyl (C=O) groups excluding carboxylic acids is 5. The van der Waals surface area contributed by atoms with Crippen LogP contribution in [-0.4, -0.2) is 75.1 Å². The zero-order chi connectivity index (χ0) is 56.7. The van der Waals surface area contributed by atoms with Crippen molar-refractivity contribution in [1.29, 1.82) is 5.26 Å². The quantitative estimate of drug-likeness (QED) is 0.145. The number of ether oxygens (including phenoxy) is 5. The second-order valence-corrected chi connectivity index (χ2v) is 29.4. The number of nitriles is 1. The predicted octanol–water partition coefficient (Wildman–Crippen LogP) is 12.6. The summed E-state index contributed by atoms with van der Waals surface area (Å²) in [5.41, 5.74) is -0.939. The predicted molar refractivity (Wildman–Crippen MR) is 295 cm³/mol. The molecule has 0 aromatic carbocycles. The summed E-state index contributed by atoms with van der Waals surface area (Å²) in [5, 5.41) is 18.8. The van der Waals surface area contributed by atoms with Crippen LogP contribution >= 0.6 is 0 Å². The van der Waals surface area contributed by atoms with Crippen LogP contribution in [0, 0.1) is 130 Å². The van der Waals surface area contributed by atoms with Gasteiger partial charge in [0.2, 0.25) is 6.04 Å². The molecule has 10 bridgehead atoms. The molecule has 13 nitrogen and oxygen atoms in total. The van der Waals surface area contributed by atoms with Gasteiger partial charge in [-0.25, -0.2) is 6.57 Å². The Hall–Kier alpha value is -3.71. The summed E-state index contributed by atoms with van der Waals surface area (Å²) in [5.74, 6) is 12.2. The van der Waals surface area contributed by atoms with E-state index in [4.69, 9.17) is 35.5 Å². The zero-order valence-electron chi connectivity index (χ0n) is 49.8. The van der Waals surface area contributed by atoms with Gasteiger partial charge in [0.15, 0.2) is 0 Å². The van der Waals surface area contributed by atoms with Gasteiger partial charge in [-0.3, -0.25) is 24.0 Å². The van der Waals surface area contributed by atoms with Crippen LogP contribution in [0.4, 0.5) is 0 Å². The molecule has 14 saturated carbocycles. The molecule has 14 fully saturated rings. The van der Waals surface area contributed by atoms with Crippen LogP contribution in [0.3, 0.4) is 0 Å². The summed E-state index contributed by atoms with van der Waals surface area (Å²) in [6.45, 7) is 25.3. The fraction of sp³-hybridized carbons (Fsp3) is 0.894. The molecule has 0 aromatic rings. The van der Waals surface area contributed by atoms with E-state index >= 15 is 0 Å². The number of aliphatic hydroxyl groups excluding tert-OH is 1. The highest BCUT2D eigenvalue weighted by Crippen LogP contribution is 2.67. The van der Waals surface area contributed by atoms with Crippen LogP contribution in [-0.2, 0) is 47.7 Å². The maximum absolute atomic E-state index is 11.3. The monoisotopic (exact) mass is 1090 g/mol. The molecule has 26 unspecified atom stereocenters. The van der Waals surface area contributed by atoms with E-state index in [2.05, 4.69) is 45.5 Å². The Morgan fingerprint density at radius 3 is 1.32 bits per heavy atom. The Morgan fingerprint density at radius 2 is 0.861 bits per heavy atom. The smallest absolute Gasteiger partial charge is 0.303 e. The van der Waals surface area contributed by atoms with Crippen molar-refractivity contribution in [2.45, 2.75) is 257 Å². The maximum Gasteiger partial charge on any atom is 0.303 e. The van der Waals surface area contributed by atoms with E-state index in [1.54, 1.807) is 13.8 Å². The van der Waals surface area contributed by atoms with Crippen molar-refractivity contribution in [2.75, 3.05) is 0 Å². The normalized spacial score (nSPS) is 49.9. The van der Waals surface area contributed by atoms with E-state index in [0.29, 0.717) is 65.1 Å². The van der Waals surface area contributed by atoms with Crippen LogP contribution in [0.1, 0.15) is 217 Å². The van der Waals surface area contributed by atoms with Crippen molar-refractivity contribution in [3.05, 3.63) is 11.4 Å². The first kappa shape index (κ1) is 58.5. The van der Waals surface area contributed by atoms with Gasteiger partial charge in [-0.05, 0) is 220 Å². The molecule has 0 heterocycles. The summed E-state index contributed by atoms with van der Waals surface area (Å²) < 4.78 is 28.0. The van der Waals surface area contributed by atoms with Crippen molar-refractivity contribution >= 4 is 29.8 Å². The molecular formula is C66H98N2O11. The largest absolute Gasteiger partial charge is 0.459 e. The fourth-order valence-corrected chi connectivity index (χ4v) is 23.1. The molecule has 13 heteroatoms. The van der Waals surface area contributed by atoms with E-state index in [-0.39, 0.29) is 75.9 Å². The van der Waals surface area contributed by atoms with Gasteiger partial charge in [-0.15, -0.1) is 0 Å². The molecule has 0 aromatic heterocycles. The van der Waals surface area contributed by atoms with Gasteiger partial charge in [0.05, 0.1) is 12.2 Å². The minimum Gasteiger partial charge on any atom is -0.459 e. The van der Waals surface area contributed by atoms with Gasteiger partial charge in [-0.2, -0.15) is 5.26 Å². The van der Waals surface area contributed by atoms with Gasteiger partial charge in [0.1, 0.15) is 28.0 Å². The first-order valence-corrected chi connectivity index (χ1v) is 31.8. The minimum absolute atomic E-state index is 0.0797. The van der Waals surface area contributed by atoms with Crippen LogP contribution in [0.15, 0.2) is 0 Å². The molecule has 0 aliphatic heterocycles. The number of rotatable bonds is 7. The molecule has 0 spiro atoms. The molecule has 14 aliphatic rings. The number of nitrogens with zero attached hydrogens (tertiary/aromatic N) is 2. The highest BCUT2D eigenvalue weighted by Gasteiger charge is 2.66. The van der Waals surface area contributed by atoms with E-state index in [9.17, 15) is 29.1 Å². The average molecular weight is 1100 g/mol. The molecule has 0 amide bonds. The lowest BCUT2D eigenvalue weighted by Crippen LogP contribution is -2.44. The van der Waals surface area contributed by atoms with Gasteiger partial charge >= 0.3 is 29.8 Å². The number of carbonyl (C=O) groups is 5. The summed E-state index contributed by atoms with van der Waals surface area (Å²) in [6.07, 6.45) is 26.5. The third-order valence-electron chi connectivity index (χ3n) is 25.3. The molecule has 1 N–H and O–H groups in total. The molecule has 26 atom stereocenters. The lowest BCUT2D eigenvalue weighted by Gasteiger charge is -2.41.